The van der Waals surface area contributed by atoms with Crippen LogP contribution in [0.2, 0.25) is 0 Å². The molecule has 128 heavy (non-hydrogen) atoms. The van der Waals surface area contributed by atoms with E-state index in [2.05, 4.69) is 45.7 Å². The second kappa shape index (κ2) is 42.7. The fourth-order valence-electron chi connectivity index (χ4n) is 14.0. The van der Waals surface area contributed by atoms with E-state index in [0.717, 1.165) is 156 Å². The average molecular weight is 1950 g/mol. The number of hydrogen-bond acceptors (Lipinski definition) is 17. The number of aromatic hydroxyl groups is 5. The Kier molecular flexibility index (Phi) is 32.8. The van der Waals surface area contributed by atoms with E-state index in [0.29, 0.717) is 18.1 Å². The number of ether oxygens (including phenoxy) is 5. The Balaban J connectivity index is 0.000000214. The zero-order valence-electron chi connectivity index (χ0n) is 67.5. The van der Waals surface area contributed by atoms with Crippen LogP contribution in [0.1, 0.15) is 0 Å². The number of alkyl halides is 7. The van der Waals surface area contributed by atoms with Gasteiger partial charge in [-0.3, -0.25) is 23.0 Å². The number of phenols is 5. The molecular weight excluding hydrogens is 1870 g/mol. The fourth-order valence-corrected chi connectivity index (χ4v) is 31.5. The van der Waals surface area contributed by atoms with Crippen molar-refractivity contribution < 1.29 is 156 Å². The maximum Gasteiger partial charge on any atom is 1.00 e. The van der Waals surface area contributed by atoms with Gasteiger partial charge in [-0.25, -0.2) is 18.0 Å². The number of halogens is 7. The summed E-state index contributed by atoms with van der Waals surface area (Å²) >= 11 is 2.14. The Morgan fingerprint density at radius 2 is 0.523 bits per heavy atom. The van der Waals surface area contributed by atoms with E-state index in [-0.39, 0.29) is 96.3 Å². The van der Waals surface area contributed by atoms with Crippen molar-refractivity contribution in [2.24, 2.45) is 0 Å². The van der Waals surface area contributed by atoms with Gasteiger partial charge in [0.1, 0.15) is 65.8 Å². The molecule has 0 fully saturated rings. The van der Waals surface area contributed by atoms with E-state index in [1.54, 1.807) is 60.7 Å². The molecule has 21 nitrogen and oxygen atoms in total. The van der Waals surface area contributed by atoms with Gasteiger partial charge in [0.2, 0.25) is 18.1 Å². The molecule has 0 aromatic heterocycles. The largest absolute Gasteiger partial charge is 1.00 e. The van der Waals surface area contributed by atoms with Gasteiger partial charge in [0, 0.05) is 33.8 Å². The van der Waals surface area contributed by atoms with Gasteiger partial charge < -0.3 is 59.4 Å². The quantitative estimate of drug-likeness (QED) is 0.00295. The predicted octanol–water partition coefficient (Wildman–Crippen LogP) is 18.1. The molecular formula is C95H80F6INaO21S4. The third-order valence-corrected chi connectivity index (χ3v) is 40.6. The first kappa shape index (κ1) is 98.2. The summed E-state index contributed by atoms with van der Waals surface area (Å²) in [5, 5.41) is 57.0. The van der Waals surface area contributed by atoms with E-state index in [9.17, 15) is 61.8 Å². The van der Waals surface area contributed by atoms with Crippen LogP contribution in [-0.2, 0) is 62.3 Å². The summed E-state index contributed by atoms with van der Waals surface area (Å²) < 4.78 is 191. The van der Waals surface area contributed by atoms with Crippen molar-refractivity contribution in [3.63, 3.8) is 0 Å². The van der Waals surface area contributed by atoms with Crippen LogP contribution >= 0.6 is 22.6 Å². The summed E-state index contributed by atoms with van der Waals surface area (Å²) in [7, 11) is -23.5. The maximum absolute atomic E-state index is 15.9. The number of benzene rings is 14. The second-order valence-electron chi connectivity index (χ2n) is 27.5. The van der Waals surface area contributed by atoms with Crippen LogP contribution < -0.4 is 49.0 Å². The minimum Gasteiger partial charge on any atom is -0.662 e. The Hall–Kier alpha value is -12.0. The monoisotopic (exact) mass is 1950 g/mol. The molecule has 0 bridgehead atoms. The topological polar surface area (TPSA) is 346 Å². The van der Waals surface area contributed by atoms with E-state index in [1.165, 1.54) is 84.9 Å². The molecule has 33 heteroatoms. The van der Waals surface area contributed by atoms with E-state index in [1.807, 2.05) is 103 Å². The summed E-state index contributed by atoms with van der Waals surface area (Å²) in [5.41, 5.74) is 0.518. The Labute approximate surface area is 766 Å². The minimum absolute atomic E-state index is 0. The number of carbonyl (C=O) groups excluding carboxylic acids is 3. The van der Waals surface area contributed by atoms with Crippen LogP contribution in [0.4, 0.5) is 26.3 Å². The van der Waals surface area contributed by atoms with Gasteiger partial charge in [0.05, 0.1) is 0 Å². The van der Waals surface area contributed by atoms with Crippen molar-refractivity contribution in [1.82, 2.24) is 0 Å². The van der Waals surface area contributed by atoms with Crippen molar-refractivity contribution in [3.05, 3.63) is 352 Å². The Bertz CT molecular complexity index is 6250. The van der Waals surface area contributed by atoms with Crippen molar-refractivity contribution in [2.75, 3.05) is 37.5 Å². The minimum atomic E-state index is -6.22. The number of rotatable bonds is 25. The van der Waals surface area contributed by atoms with Gasteiger partial charge in [-0.1, -0.05) is 168 Å². The molecule has 9 N–H and O–H groups in total. The van der Waals surface area contributed by atoms with Crippen LogP contribution in [-0.4, -0.2) is 119 Å². The predicted molar refractivity (Wildman–Crippen MR) is 480 cm³/mol. The van der Waals surface area contributed by atoms with Gasteiger partial charge in [-0.15, -0.1) is 0 Å². The first-order chi connectivity index (χ1) is 60.7. The van der Waals surface area contributed by atoms with Crippen LogP contribution in [0.3, 0.4) is 0 Å². The molecule has 0 aliphatic carbocycles. The molecule has 14 aromatic carbocycles. The van der Waals surface area contributed by atoms with Gasteiger partial charge in [-0.2, -0.15) is 26.3 Å². The van der Waals surface area contributed by atoms with Crippen molar-refractivity contribution >= 4 is 74.6 Å². The van der Waals surface area contributed by atoms with Crippen molar-refractivity contribution in [2.45, 2.75) is 40.4 Å². The summed E-state index contributed by atoms with van der Waals surface area (Å²) in [5.74, 6) is 0.407. The third kappa shape index (κ3) is 20.6. The smallest absolute Gasteiger partial charge is 0.662 e. The zero-order valence-corrected chi connectivity index (χ0v) is 74.9. The molecule has 14 aromatic rings. The summed E-state index contributed by atoms with van der Waals surface area (Å²) in [4.78, 5) is 32.0. The standard InChI is InChI=1S/C47H39F3O9S2.C28H23IO5.C19H17F3O4S2.CH2O3.Na/c48-47(49,50)61(60(54,55)56,43-7-3-1-4-8-43,44-9-5-2-6-10-44)45-25-23-41(24-26-45)57-27-28-58-46(53)32-59-42-21-15-35(16-22-42)38-30-36(33-11-17-39(51)18-12-33)29-37(31-38)34-13-19-40(52)20-14-34;29-13-14-33-28(32)18-34-27-11-5-21(6-12-27)24-16-22(19-1-7-25(30)8-2-19)15-23(17-24)20-3-9-26(31)10-4-20;20-19(21,22)28(27(24,25)26,16-7-3-1-4-8-16,17-9-5-2-6-10-17)18-13-11-15(23)12-14-18;2-1-4-3;/h1-26,29-31,51-52H,27-28,32H2,(H2,54,55,56);1-12,15-17,30-31H,13-14,18H2;1-14,23H,(H2,24,25,26);1,3H;/q;;;;+1/p-1. The molecule has 0 saturated carbocycles. The van der Waals surface area contributed by atoms with Gasteiger partial charge >= 0.3 is 52.5 Å². The maximum atomic E-state index is 15.9. The van der Waals surface area contributed by atoms with E-state index in [4.69, 9.17) is 33.7 Å². The molecule has 0 atom stereocenters. The van der Waals surface area contributed by atoms with Crippen LogP contribution in [0, 0.1) is 0 Å². The molecule has 0 spiro atoms. The van der Waals surface area contributed by atoms with Gasteiger partial charge in [0.25, 0.3) is 6.47 Å². The average Bonchev–Trinajstić information content (AvgIpc) is 0.657. The number of hydrogen-bond donors (Lipinski definition) is 9. The molecule has 660 valence electrons. The Morgan fingerprint density at radius 1 is 0.320 bits per heavy atom. The molecule has 0 saturated heterocycles. The SMILES string of the molecule is O=C(COc1ccc(-c2cc(-c3ccc(O)cc3)cc(-c3ccc(O)cc3)c2)cc1)OCCI.O=C(COc1ccc(-c2cc(-c3ccc(O)cc3)cc(-c3ccc(O)cc3)c2)cc1)OCCOc1ccc(S(c2ccccc2)(c2ccccc2)(C(F)(F)F)=S(=O)(O)O)cc1.O=CO[O-].O=S(O)(O)=S(c1ccccc1)(c1ccccc1)(c1ccc(O)cc1)C(F)(F)F.[Na+]. The number of phenolic OH excluding ortho intramolecular Hbond substituents is 5. The van der Waals surface area contributed by atoms with Crippen molar-refractivity contribution in [3.8, 4) is 113 Å². The number of carbonyl (C=O) groups is 3. The third-order valence-electron chi connectivity index (χ3n) is 19.8. The first-order valence-electron chi connectivity index (χ1n) is 37.9. The molecule has 14 rings (SSSR count). The normalized spacial score (nSPS) is 12.1. The second-order valence-corrected chi connectivity index (χ2v) is 44.5. The van der Waals surface area contributed by atoms with Crippen LogP contribution in [0.25, 0.3) is 66.8 Å². The molecule has 0 heterocycles. The Morgan fingerprint density at radius 3 is 0.750 bits per heavy atom. The molecule has 0 unspecified atom stereocenters. The van der Waals surface area contributed by atoms with Crippen molar-refractivity contribution in [1.29, 1.82) is 0 Å². The summed E-state index contributed by atoms with van der Waals surface area (Å²) in [6.07, 6.45) is 0. The zero-order chi connectivity index (χ0) is 91.3. The summed E-state index contributed by atoms with van der Waals surface area (Å²) in [6, 6.07) is 88.2. The van der Waals surface area contributed by atoms with Gasteiger partial charge in [-0.05, 0) is 288 Å². The van der Waals surface area contributed by atoms with Gasteiger partial charge in [0.15, 0.2) is 13.2 Å². The molecule has 0 amide bonds. The molecule has 0 radical (unpaired) electrons. The summed E-state index contributed by atoms with van der Waals surface area (Å²) in [6.45, 7) is -0.747. The van der Waals surface area contributed by atoms with Crippen LogP contribution in [0.5, 0.6) is 46.0 Å². The van der Waals surface area contributed by atoms with Crippen LogP contribution in [0.15, 0.2) is 381 Å². The fraction of sp³-hybridized carbons (Fsp3) is 0.0842. The molecule has 0 aliphatic heterocycles. The molecule has 0 aliphatic rings. The van der Waals surface area contributed by atoms with E-state index >= 15 is 26.3 Å². The van der Waals surface area contributed by atoms with E-state index < -0.39 is 86.5 Å². The number of esters is 2. The first-order valence-corrected chi connectivity index (χ1v) is 47.5.